The third-order valence-corrected chi connectivity index (χ3v) is 3.81. The smallest absolute Gasteiger partial charge is 0.385 e. The number of benzene rings is 1. The molecule has 19 heavy (non-hydrogen) atoms. The molecule has 0 amide bonds. The predicted octanol–water partition coefficient (Wildman–Crippen LogP) is 3.88. The van der Waals surface area contributed by atoms with Gasteiger partial charge in [-0.2, -0.15) is 13.2 Å². The normalized spacial score (nSPS) is 19.7. The van der Waals surface area contributed by atoms with E-state index in [0.717, 1.165) is 32.0 Å². The first-order chi connectivity index (χ1) is 8.97. The molecule has 1 atom stereocenters. The molecule has 1 aromatic rings. The lowest BCUT2D eigenvalue weighted by atomic mass is 10.0. The summed E-state index contributed by atoms with van der Waals surface area (Å²) in [5.74, 6) is 0.564. The Morgan fingerprint density at radius 3 is 2.79 bits per heavy atom. The molecule has 106 valence electrons. The van der Waals surface area contributed by atoms with Gasteiger partial charge in [0, 0.05) is 16.7 Å². The number of hydrogen-bond acceptors (Lipinski definition) is 2. The average Bonchev–Trinajstić information content (AvgIpc) is 2.80. The maximum absolute atomic E-state index is 12.8. The fourth-order valence-corrected chi connectivity index (χ4v) is 2.64. The second-order valence-electron chi connectivity index (χ2n) is 4.76. The number of halogens is 4. The monoisotopic (exact) mass is 336 g/mol. The molecular formula is C13H16BrF3N2. The van der Waals surface area contributed by atoms with Crippen LogP contribution in [0.1, 0.15) is 18.4 Å². The highest BCUT2D eigenvalue weighted by molar-refractivity contribution is 9.10. The van der Waals surface area contributed by atoms with Gasteiger partial charge in [-0.1, -0.05) is 15.9 Å². The van der Waals surface area contributed by atoms with E-state index >= 15 is 0 Å². The van der Waals surface area contributed by atoms with Crippen LogP contribution in [0.25, 0.3) is 0 Å². The Labute approximate surface area is 118 Å². The van der Waals surface area contributed by atoms with Gasteiger partial charge in [-0.25, -0.2) is 0 Å². The molecule has 1 heterocycles. The number of nitrogens with one attached hydrogen (secondary N) is 2. The first-order valence-corrected chi connectivity index (χ1v) is 7.07. The third kappa shape index (κ3) is 4.11. The summed E-state index contributed by atoms with van der Waals surface area (Å²) in [6, 6.07) is 3.99. The molecule has 1 aromatic carbocycles. The van der Waals surface area contributed by atoms with Crippen molar-refractivity contribution in [1.82, 2.24) is 5.32 Å². The highest BCUT2D eigenvalue weighted by atomic mass is 79.9. The van der Waals surface area contributed by atoms with Crippen LogP contribution in [-0.2, 0) is 6.18 Å². The molecule has 0 bridgehead atoms. The molecule has 0 radical (unpaired) electrons. The van der Waals surface area contributed by atoms with Crippen molar-refractivity contribution in [2.75, 3.05) is 25.0 Å². The van der Waals surface area contributed by atoms with E-state index in [4.69, 9.17) is 0 Å². The molecule has 2 N–H and O–H groups in total. The summed E-state index contributed by atoms with van der Waals surface area (Å²) in [5, 5.41) is 6.16. The van der Waals surface area contributed by atoms with Gasteiger partial charge >= 0.3 is 6.18 Å². The van der Waals surface area contributed by atoms with Gasteiger partial charge in [0.15, 0.2) is 0 Å². The van der Waals surface area contributed by atoms with Crippen molar-refractivity contribution >= 4 is 21.6 Å². The summed E-state index contributed by atoms with van der Waals surface area (Å²) in [7, 11) is 0. The summed E-state index contributed by atoms with van der Waals surface area (Å²) in [6.07, 6.45) is -2.33. The number of anilines is 1. The highest BCUT2D eigenvalue weighted by Crippen LogP contribution is 2.36. The van der Waals surface area contributed by atoms with Crippen LogP contribution in [0.3, 0.4) is 0 Å². The van der Waals surface area contributed by atoms with Crippen LogP contribution in [0, 0.1) is 5.92 Å². The molecule has 1 unspecified atom stereocenters. The van der Waals surface area contributed by atoms with Crippen molar-refractivity contribution in [3.05, 3.63) is 28.2 Å². The molecule has 0 spiro atoms. The second kappa shape index (κ2) is 6.13. The van der Waals surface area contributed by atoms with Gasteiger partial charge in [0.25, 0.3) is 0 Å². The zero-order valence-corrected chi connectivity index (χ0v) is 11.9. The van der Waals surface area contributed by atoms with Crippen molar-refractivity contribution < 1.29 is 13.2 Å². The fraction of sp³-hybridized carbons (Fsp3) is 0.538. The molecule has 1 saturated heterocycles. The predicted molar refractivity (Wildman–Crippen MR) is 73.2 cm³/mol. The minimum Gasteiger partial charge on any atom is -0.385 e. The van der Waals surface area contributed by atoms with E-state index in [0.29, 0.717) is 16.9 Å². The summed E-state index contributed by atoms with van der Waals surface area (Å²) in [4.78, 5) is 0. The Morgan fingerprint density at radius 2 is 2.16 bits per heavy atom. The SMILES string of the molecule is FC(F)(F)c1ccc(Br)cc1NCCC1CCNC1. The first-order valence-electron chi connectivity index (χ1n) is 6.28. The standard InChI is InChI=1S/C13H16BrF3N2/c14-10-1-2-11(13(15,16)17)12(7-10)19-6-4-9-3-5-18-8-9/h1-2,7,9,18-19H,3-6,8H2. The van der Waals surface area contributed by atoms with Crippen LogP contribution in [0.15, 0.2) is 22.7 Å². The van der Waals surface area contributed by atoms with E-state index in [-0.39, 0.29) is 5.69 Å². The lowest BCUT2D eigenvalue weighted by molar-refractivity contribution is -0.137. The molecule has 1 aliphatic rings. The Morgan fingerprint density at radius 1 is 1.37 bits per heavy atom. The summed E-state index contributed by atoms with van der Waals surface area (Å²) in [5.41, 5.74) is -0.465. The van der Waals surface area contributed by atoms with E-state index in [1.54, 1.807) is 0 Å². The molecular weight excluding hydrogens is 321 g/mol. The highest BCUT2D eigenvalue weighted by Gasteiger charge is 2.33. The summed E-state index contributed by atoms with van der Waals surface area (Å²) < 4.78 is 39.2. The zero-order valence-electron chi connectivity index (χ0n) is 10.4. The topological polar surface area (TPSA) is 24.1 Å². The van der Waals surface area contributed by atoms with E-state index in [9.17, 15) is 13.2 Å². The van der Waals surface area contributed by atoms with Gasteiger partial charge in [-0.3, -0.25) is 0 Å². The van der Waals surface area contributed by atoms with Crippen LogP contribution in [0.2, 0.25) is 0 Å². The fourth-order valence-electron chi connectivity index (χ4n) is 2.28. The molecule has 1 fully saturated rings. The van der Waals surface area contributed by atoms with Crippen molar-refractivity contribution in [1.29, 1.82) is 0 Å². The lowest BCUT2D eigenvalue weighted by Crippen LogP contribution is -2.15. The third-order valence-electron chi connectivity index (χ3n) is 3.32. The first kappa shape index (κ1) is 14.7. The second-order valence-corrected chi connectivity index (χ2v) is 5.68. The van der Waals surface area contributed by atoms with Crippen LogP contribution < -0.4 is 10.6 Å². The van der Waals surface area contributed by atoms with Crippen molar-refractivity contribution in [2.24, 2.45) is 5.92 Å². The van der Waals surface area contributed by atoms with Gasteiger partial charge in [0.05, 0.1) is 5.56 Å². The van der Waals surface area contributed by atoms with Gasteiger partial charge in [-0.05, 0) is 50.0 Å². The minimum atomic E-state index is -4.32. The summed E-state index contributed by atoms with van der Waals surface area (Å²) in [6.45, 7) is 2.54. The Balaban J connectivity index is 1.99. The van der Waals surface area contributed by atoms with Crippen LogP contribution in [0.4, 0.5) is 18.9 Å². The molecule has 2 nitrogen and oxygen atoms in total. The molecule has 0 aromatic heterocycles. The van der Waals surface area contributed by atoms with Crippen molar-refractivity contribution in [2.45, 2.75) is 19.0 Å². The Kier molecular flexibility index (Phi) is 4.73. The van der Waals surface area contributed by atoms with Crippen LogP contribution in [0.5, 0.6) is 0 Å². The molecule has 1 aliphatic heterocycles. The van der Waals surface area contributed by atoms with E-state index in [1.807, 2.05) is 0 Å². The largest absolute Gasteiger partial charge is 0.418 e. The van der Waals surface area contributed by atoms with E-state index in [2.05, 4.69) is 26.6 Å². The quantitative estimate of drug-likeness (QED) is 0.871. The average molecular weight is 337 g/mol. The number of rotatable bonds is 4. The van der Waals surface area contributed by atoms with E-state index < -0.39 is 11.7 Å². The van der Waals surface area contributed by atoms with Crippen LogP contribution in [-0.4, -0.2) is 19.6 Å². The molecule has 6 heteroatoms. The Bertz CT molecular complexity index is 428. The van der Waals surface area contributed by atoms with Crippen LogP contribution >= 0.6 is 15.9 Å². The number of alkyl halides is 3. The van der Waals surface area contributed by atoms with Gasteiger partial charge in [-0.15, -0.1) is 0 Å². The zero-order chi connectivity index (χ0) is 13.9. The number of hydrogen-bond donors (Lipinski definition) is 2. The lowest BCUT2D eigenvalue weighted by Gasteiger charge is -2.16. The maximum Gasteiger partial charge on any atom is 0.418 e. The molecule has 2 rings (SSSR count). The minimum absolute atomic E-state index is 0.146. The summed E-state index contributed by atoms with van der Waals surface area (Å²) >= 11 is 3.20. The van der Waals surface area contributed by atoms with E-state index in [1.165, 1.54) is 12.1 Å². The van der Waals surface area contributed by atoms with Crippen molar-refractivity contribution in [3.63, 3.8) is 0 Å². The molecule has 0 aliphatic carbocycles. The van der Waals surface area contributed by atoms with Gasteiger partial charge in [0.1, 0.15) is 0 Å². The Hall–Kier alpha value is -0.750. The molecule has 0 saturated carbocycles. The van der Waals surface area contributed by atoms with Gasteiger partial charge < -0.3 is 10.6 Å². The van der Waals surface area contributed by atoms with Gasteiger partial charge in [0.2, 0.25) is 0 Å². The van der Waals surface area contributed by atoms with Crippen molar-refractivity contribution in [3.8, 4) is 0 Å². The maximum atomic E-state index is 12.8.